The Morgan fingerprint density at radius 1 is 1.32 bits per heavy atom. The zero-order chi connectivity index (χ0) is 16.3. The summed E-state index contributed by atoms with van der Waals surface area (Å²) in [7, 11) is 0. The highest BCUT2D eigenvalue weighted by Crippen LogP contribution is 2.30. The third-order valence-corrected chi connectivity index (χ3v) is 3.73. The maximum absolute atomic E-state index is 10.8. The van der Waals surface area contributed by atoms with E-state index in [0.29, 0.717) is 5.02 Å². The van der Waals surface area contributed by atoms with E-state index in [-0.39, 0.29) is 5.69 Å². The Labute approximate surface area is 134 Å². The number of rotatable bonds is 6. The molecule has 1 N–H and O–H groups in total. The molecular weight excluding hydrogens is 304 g/mol. The molecule has 0 aliphatic carbocycles. The first kappa shape index (κ1) is 16.3. The monoisotopic (exact) mass is 322 g/mol. The molecule has 0 unspecified atom stereocenters. The van der Waals surface area contributed by atoms with Crippen LogP contribution in [0.5, 0.6) is 0 Å². The van der Waals surface area contributed by atoms with E-state index >= 15 is 0 Å². The fraction of sp³-hybridized carbons (Fsp3) is 0.400. The van der Waals surface area contributed by atoms with Crippen molar-refractivity contribution in [2.45, 2.75) is 33.7 Å². The van der Waals surface area contributed by atoms with E-state index in [1.807, 2.05) is 31.5 Å². The number of nitrogens with zero attached hydrogens (tertiary/aromatic N) is 3. The van der Waals surface area contributed by atoms with Crippen molar-refractivity contribution in [2.75, 3.05) is 11.9 Å². The van der Waals surface area contributed by atoms with Crippen molar-refractivity contribution < 1.29 is 4.92 Å². The van der Waals surface area contributed by atoms with Crippen molar-refractivity contribution in [2.24, 2.45) is 0 Å². The van der Waals surface area contributed by atoms with Gasteiger partial charge in [-0.3, -0.25) is 14.8 Å². The van der Waals surface area contributed by atoms with Crippen molar-refractivity contribution in [1.82, 2.24) is 9.78 Å². The zero-order valence-electron chi connectivity index (χ0n) is 12.9. The lowest BCUT2D eigenvalue weighted by Gasteiger charge is -2.12. The molecule has 0 radical (unpaired) electrons. The summed E-state index contributed by atoms with van der Waals surface area (Å²) < 4.78 is 1.97. The minimum absolute atomic E-state index is 0.00990. The van der Waals surface area contributed by atoms with Crippen LogP contribution in [0.1, 0.15) is 23.4 Å². The summed E-state index contributed by atoms with van der Waals surface area (Å²) in [6, 6.07) is 4.94. The molecule has 1 aromatic heterocycles. The zero-order valence-corrected chi connectivity index (χ0v) is 13.6. The average molecular weight is 323 g/mol. The lowest BCUT2D eigenvalue weighted by Crippen LogP contribution is -2.10. The summed E-state index contributed by atoms with van der Waals surface area (Å²) in [5.74, 6) is 0. The predicted octanol–water partition coefficient (Wildman–Crippen LogP) is 3.87. The summed E-state index contributed by atoms with van der Waals surface area (Å²) >= 11 is 6.12. The minimum atomic E-state index is -0.439. The Bertz CT molecular complexity index is 674. The average Bonchev–Trinajstić information content (AvgIpc) is 2.75. The van der Waals surface area contributed by atoms with Crippen LogP contribution in [0.3, 0.4) is 0 Å². The Hall–Kier alpha value is -2.08. The molecule has 0 atom stereocenters. The fourth-order valence-electron chi connectivity index (χ4n) is 2.40. The summed E-state index contributed by atoms with van der Waals surface area (Å²) in [6.45, 7) is 7.35. The molecule has 22 heavy (non-hydrogen) atoms. The number of hydrogen-bond acceptors (Lipinski definition) is 4. The first-order valence-corrected chi connectivity index (χ1v) is 7.45. The molecule has 2 rings (SSSR count). The van der Waals surface area contributed by atoms with Crippen LogP contribution in [0.15, 0.2) is 18.2 Å². The quantitative estimate of drug-likeness (QED) is 0.497. The van der Waals surface area contributed by atoms with Gasteiger partial charge in [-0.15, -0.1) is 0 Å². The number of nitrogens with one attached hydrogen (secondary N) is 1. The van der Waals surface area contributed by atoms with Gasteiger partial charge in [0.1, 0.15) is 0 Å². The van der Waals surface area contributed by atoms with Crippen LogP contribution in [0, 0.1) is 30.9 Å². The number of nitro groups is 1. The van der Waals surface area contributed by atoms with Gasteiger partial charge in [0.05, 0.1) is 21.3 Å². The van der Waals surface area contributed by atoms with E-state index < -0.39 is 4.92 Å². The van der Waals surface area contributed by atoms with Crippen molar-refractivity contribution in [3.05, 3.63) is 50.3 Å². The summed E-state index contributed by atoms with van der Waals surface area (Å²) in [5.41, 5.74) is 3.68. The number of aromatic nitrogens is 2. The van der Waals surface area contributed by atoms with Gasteiger partial charge in [0.15, 0.2) is 0 Å². The second kappa shape index (κ2) is 6.79. The van der Waals surface area contributed by atoms with Crippen molar-refractivity contribution >= 4 is 23.0 Å². The van der Waals surface area contributed by atoms with E-state index in [1.54, 1.807) is 0 Å². The molecule has 0 fully saturated rings. The lowest BCUT2D eigenvalue weighted by atomic mass is 10.1. The number of non-ortho nitro benzene ring substituents is 1. The highest BCUT2D eigenvalue weighted by Gasteiger charge is 2.12. The fourth-order valence-corrected chi connectivity index (χ4v) is 2.73. The van der Waals surface area contributed by atoms with Gasteiger partial charge in [0.25, 0.3) is 5.69 Å². The molecule has 0 amide bonds. The van der Waals surface area contributed by atoms with E-state index in [4.69, 9.17) is 11.6 Å². The van der Waals surface area contributed by atoms with Crippen LogP contribution < -0.4 is 5.32 Å². The maximum atomic E-state index is 10.8. The maximum Gasteiger partial charge on any atom is 0.271 e. The third kappa shape index (κ3) is 3.76. The summed E-state index contributed by atoms with van der Waals surface area (Å²) in [5, 5.41) is 18.8. The number of halogens is 1. The second-order valence-electron chi connectivity index (χ2n) is 5.31. The molecule has 0 bridgehead atoms. The molecule has 0 aliphatic rings. The SMILES string of the molecule is Cc1cc(C)n(CCCNc2c(C)cc([N+](=O)[O-])cc2Cl)n1. The highest BCUT2D eigenvalue weighted by molar-refractivity contribution is 6.33. The van der Waals surface area contributed by atoms with Gasteiger partial charge in [-0.2, -0.15) is 5.10 Å². The topological polar surface area (TPSA) is 73.0 Å². The first-order valence-electron chi connectivity index (χ1n) is 7.08. The largest absolute Gasteiger partial charge is 0.384 e. The molecule has 0 saturated heterocycles. The predicted molar refractivity (Wildman–Crippen MR) is 87.7 cm³/mol. The number of benzene rings is 1. The van der Waals surface area contributed by atoms with Crippen molar-refractivity contribution in [3.8, 4) is 0 Å². The van der Waals surface area contributed by atoms with Gasteiger partial charge in [-0.05, 0) is 38.8 Å². The Balaban J connectivity index is 1.94. The molecule has 7 heteroatoms. The second-order valence-corrected chi connectivity index (χ2v) is 5.71. The van der Waals surface area contributed by atoms with E-state index in [0.717, 1.165) is 42.1 Å². The van der Waals surface area contributed by atoms with Crippen molar-refractivity contribution in [3.63, 3.8) is 0 Å². The minimum Gasteiger partial charge on any atom is -0.384 e. The van der Waals surface area contributed by atoms with Gasteiger partial charge >= 0.3 is 0 Å². The van der Waals surface area contributed by atoms with Gasteiger partial charge < -0.3 is 5.32 Å². The van der Waals surface area contributed by atoms with Crippen LogP contribution in [0.2, 0.25) is 5.02 Å². The summed E-state index contributed by atoms with van der Waals surface area (Å²) in [4.78, 5) is 10.3. The molecule has 0 aliphatic heterocycles. The Morgan fingerprint density at radius 2 is 2.05 bits per heavy atom. The smallest absolute Gasteiger partial charge is 0.271 e. The van der Waals surface area contributed by atoms with Crippen LogP contribution in [0.4, 0.5) is 11.4 Å². The number of aryl methyl sites for hydroxylation is 4. The standard InChI is InChI=1S/C15H19ClN4O2/c1-10-7-13(20(21)22)9-14(16)15(10)17-5-4-6-19-12(3)8-11(2)18-19/h7-9,17H,4-6H2,1-3H3. The van der Waals surface area contributed by atoms with Gasteiger partial charge in [0.2, 0.25) is 0 Å². The van der Waals surface area contributed by atoms with Gasteiger partial charge in [-0.25, -0.2) is 0 Å². The Morgan fingerprint density at radius 3 is 2.59 bits per heavy atom. The lowest BCUT2D eigenvalue weighted by molar-refractivity contribution is -0.384. The molecule has 1 heterocycles. The number of nitro benzene ring substituents is 1. The van der Waals surface area contributed by atoms with E-state index in [1.165, 1.54) is 12.1 Å². The molecule has 1 aromatic carbocycles. The van der Waals surface area contributed by atoms with Crippen LogP contribution >= 0.6 is 11.6 Å². The number of anilines is 1. The molecular formula is C15H19ClN4O2. The summed E-state index contributed by atoms with van der Waals surface area (Å²) in [6.07, 6.45) is 0.884. The normalized spacial score (nSPS) is 10.7. The molecule has 6 nitrogen and oxygen atoms in total. The van der Waals surface area contributed by atoms with Crippen LogP contribution in [-0.2, 0) is 6.54 Å². The Kier molecular flexibility index (Phi) is 5.03. The molecule has 0 saturated carbocycles. The van der Waals surface area contributed by atoms with E-state index in [2.05, 4.69) is 10.4 Å². The molecule has 118 valence electrons. The first-order chi connectivity index (χ1) is 10.4. The van der Waals surface area contributed by atoms with E-state index in [9.17, 15) is 10.1 Å². The van der Waals surface area contributed by atoms with Crippen LogP contribution in [-0.4, -0.2) is 21.2 Å². The third-order valence-electron chi connectivity index (χ3n) is 3.43. The molecule has 2 aromatic rings. The van der Waals surface area contributed by atoms with Crippen LogP contribution in [0.25, 0.3) is 0 Å². The van der Waals surface area contributed by atoms with Gasteiger partial charge in [-0.1, -0.05) is 11.6 Å². The number of hydrogen-bond donors (Lipinski definition) is 1. The highest BCUT2D eigenvalue weighted by atomic mass is 35.5. The van der Waals surface area contributed by atoms with Crippen molar-refractivity contribution in [1.29, 1.82) is 0 Å². The van der Waals surface area contributed by atoms with Gasteiger partial charge in [0, 0.05) is 30.9 Å². The molecule has 0 spiro atoms.